The number of nitrogens with zero attached hydrogens (tertiary/aromatic N) is 2. The monoisotopic (exact) mass is 287 g/mol. The zero-order valence-electron chi connectivity index (χ0n) is 12.4. The van der Waals surface area contributed by atoms with E-state index in [1.54, 1.807) is 40.0 Å². The third-order valence-corrected chi connectivity index (χ3v) is 2.85. The molecule has 0 heterocycles. The number of nitriles is 1. The number of nitrogens with one attached hydrogen (secondary N) is 1. The highest BCUT2D eigenvalue weighted by Gasteiger charge is 2.25. The maximum absolute atomic E-state index is 12.1. The summed E-state index contributed by atoms with van der Waals surface area (Å²) in [6.07, 6.45) is 1.38. The number of hydrogen-bond acceptors (Lipinski definition) is 5. The Kier molecular flexibility index (Phi) is 4.82. The van der Waals surface area contributed by atoms with E-state index >= 15 is 0 Å². The number of rotatable bonds is 4. The quantitative estimate of drug-likeness (QED) is 0.397. The normalized spacial score (nSPS) is 11.7. The van der Waals surface area contributed by atoms with Crippen molar-refractivity contribution in [3.63, 3.8) is 0 Å². The molecule has 0 aromatic heterocycles. The molecule has 0 atom stereocenters. The van der Waals surface area contributed by atoms with Gasteiger partial charge in [0.25, 0.3) is 5.69 Å². The van der Waals surface area contributed by atoms with Crippen LogP contribution in [-0.4, -0.2) is 17.8 Å². The van der Waals surface area contributed by atoms with E-state index < -0.39 is 10.3 Å². The Labute approximate surface area is 123 Å². The topological polar surface area (TPSA) is 96.0 Å². The summed E-state index contributed by atoms with van der Waals surface area (Å²) in [5, 5.41) is 22.8. The van der Waals surface area contributed by atoms with Gasteiger partial charge in [-0.25, -0.2) is 0 Å². The van der Waals surface area contributed by atoms with Crippen LogP contribution in [0.15, 0.2) is 23.8 Å². The van der Waals surface area contributed by atoms with E-state index in [4.69, 9.17) is 5.26 Å². The molecule has 6 nitrogen and oxygen atoms in total. The summed E-state index contributed by atoms with van der Waals surface area (Å²) in [4.78, 5) is 22.6. The first kappa shape index (κ1) is 16.4. The van der Waals surface area contributed by atoms with Gasteiger partial charge in [0.1, 0.15) is 11.8 Å². The molecule has 110 valence electrons. The fourth-order valence-electron chi connectivity index (χ4n) is 1.72. The number of carbonyl (C=O) groups excluding carboxylic acids is 1. The lowest BCUT2D eigenvalue weighted by Gasteiger charge is -2.15. The lowest BCUT2D eigenvalue weighted by molar-refractivity contribution is -0.384. The van der Waals surface area contributed by atoms with Crippen molar-refractivity contribution >= 4 is 23.2 Å². The van der Waals surface area contributed by atoms with Crippen LogP contribution in [0.2, 0.25) is 0 Å². The second-order valence-corrected chi connectivity index (χ2v) is 5.53. The largest absolute Gasteiger partial charge is 0.383 e. The molecular weight excluding hydrogens is 270 g/mol. The first-order valence-corrected chi connectivity index (χ1v) is 6.33. The number of nitro groups is 1. The van der Waals surface area contributed by atoms with Crippen LogP contribution in [0.1, 0.15) is 26.3 Å². The average molecular weight is 287 g/mol. The van der Waals surface area contributed by atoms with Gasteiger partial charge in [-0.15, -0.1) is 0 Å². The van der Waals surface area contributed by atoms with Gasteiger partial charge in [0.15, 0.2) is 5.78 Å². The number of ketones is 1. The molecule has 6 heteroatoms. The Balaban J connectivity index is 3.31. The molecule has 0 saturated heterocycles. The Morgan fingerprint density at radius 2 is 2.05 bits per heavy atom. The third kappa shape index (κ3) is 3.89. The zero-order valence-corrected chi connectivity index (χ0v) is 12.4. The first-order valence-electron chi connectivity index (χ1n) is 6.33. The molecule has 1 N–H and O–H groups in total. The van der Waals surface area contributed by atoms with E-state index in [0.717, 1.165) is 0 Å². The fraction of sp³-hybridized carbons (Fsp3) is 0.333. The molecule has 0 amide bonds. The molecule has 0 spiro atoms. The molecule has 0 aliphatic heterocycles. The minimum Gasteiger partial charge on any atom is -0.383 e. The van der Waals surface area contributed by atoms with Crippen molar-refractivity contribution < 1.29 is 9.72 Å². The van der Waals surface area contributed by atoms with Crippen molar-refractivity contribution in [1.82, 2.24) is 0 Å². The zero-order chi connectivity index (χ0) is 16.2. The van der Waals surface area contributed by atoms with Gasteiger partial charge < -0.3 is 5.32 Å². The number of carbonyl (C=O) groups is 1. The molecule has 0 aliphatic carbocycles. The lowest BCUT2D eigenvalue weighted by atomic mass is 9.86. The number of benzene rings is 1. The van der Waals surface area contributed by atoms with Gasteiger partial charge in [0.05, 0.1) is 10.5 Å². The van der Waals surface area contributed by atoms with Crippen LogP contribution in [-0.2, 0) is 4.79 Å². The highest BCUT2D eigenvalue weighted by Crippen LogP contribution is 2.27. The molecule has 0 aliphatic rings. The molecule has 0 unspecified atom stereocenters. The van der Waals surface area contributed by atoms with Gasteiger partial charge in [-0.3, -0.25) is 14.9 Å². The van der Waals surface area contributed by atoms with E-state index in [-0.39, 0.29) is 17.0 Å². The number of anilines is 1. The van der Waals surface area contributed by atoms with Crippen LogP contribution >= 0.6 is 0 Å². The van der Waals surface area contributed by atoms with Crippen LogP contribution in [0.3, 0.4) is 0 Å². The maximum atomic E-state index is 12.1. The Morgan fingerprint density at radius 3 is 2.48 bits per heavy atom. The minimum atomic E-state index is -0.682. The number of nitro benzene ring substituents is 1. The van der Waals surface area contributed by atoms with E-state index in [1.807, 2.05) is 6.07 Å². The van der Waals surface area contributed by atoms with Gasteiger partial charge >= 0.3 is 0 Å². The molecule has 0 saturated carbocycles. The van der Waals surface area contributed by atoms with Crippen molar-refractivity contribution in [2.24, 2.45) is 5.41 Å². The van der Waals surface area contributed by atoms with Crippen molar-refractivity contribution in [1.29, 1.82) is 5.26 Å². The second kappa shape index (κ2) is 6.18. The predicted molar refractivity (Wildman–Crippen MR) is 80.7 cm³/mol. The Hall–Kier alpha value is -2.68. The van der Waals surface area contributed by atoms with Gasteiger partial charge in [0, 0.05) is 18.5 Å². The second-order valence-electron chi connectivity index (χ2n) is 5.53. The highest BCUT2D eigenvalue weighted by atomic mass is 16.6. The third-order valence-electron chi connectivity index (χ3n) is 2.85. The summed E-state index contributed by atoms with van der Waals surface area (Å²) in [7, 11) is 1.59. The number of allylic oxidation sites excluding steroid dienone is 1. The number of hydrogen-bond donors (Lipinski definition) is 1. The minimum absolute atomic E-state index is 0.0194. The summed E-state index contributed by atoms with van der Waals surface area (Å²) >= 11 is 0. The number of Topliss-reactive ketones (excluding diaryl/α,β-unsaturated/α-hetero) is 1. The Bertz CT molecular complexity index is 649. The van der Waals surface area contributed by atoms with E-state index in [9.17, 15) is 14.9 Å². The van der Waals surface area contributed by atoms with Gasteiger partial charge in [0.2, 0.25) is 0 Å². The lowest BCUT2D eigenvalue weighted by Crippen LogP contribution is -2.21. The SMILES string of the molecule is CNc1ccc(/C=C(\C#N)C(=O)C(C)(C)C)cc1[N+](=O)[O-]. The fourth-order valence-corrected chi connectivity index (χ4v) is 1.72. The summed E-state index contributed by atoms with van der Waals surface area (Å²) in [5.41, 5.74) is 0.00621. The average Bonchev–Trinajstić information content (AvgIpc) is 2.42. The van der Waals surface area contributed by atoms with Gasteiger partial charge in [-0.2, -0.15) is 5.26 Å². The van der Waals surface area contributed by atoms with Crippen LogP contribution < -0.4 is 5.32 Å². The van der Waals surface area contributed by atoms with E-state index in [2.05, 4.69) is 5.32 Å². The van der Waals surface area contributed by atoms with E-state index in [1.165, 1.54) is 12.1 Å². The van der Waals surface area contributed by atoms with Crippen molar-refractivity contribution in [3.05, 3.63) is 39.4 Å². The molecule has 1 aromatic carbocycles. The highest BCUT2D eigenvalue weighted by molar-refractivity contribution is 6.06. The molecule has 0 fully saturated rings. The van der Waals surface area contributed by atoms with Crippen molar-refractivity contribution in [2.75, 3.05) is 12.4 Å². The smallest absolute Gasteiger partial charge is 0.292 e. The van der Waals surface area contributed by atoms with Gasteiger partial charge in [-0.1, -0.05) is 26.8 Å². The molecule has 0 bridgehead atoms. The van der Waals surface area contributed by atoms with Crippen LogP contribution in [0.25, 0.3) is 6.08 Å². The predicted octanol–water partition coefficient (Wildman–Crippen LogP) is 3.16. The van der Waals surface area contributed by atoms with Crippen LogP contribution in [0, 0.1) is 26.9 Å². The summed E-state index contributed by atoms with van der Waals surface area (Å²) in [6, 6.07) is 6.35. The molecule has 0 radical (unpaired) electrons. The van der Waals surface area contributed by atoms with Gasteiger partial charge in [-0.05, 0) is 17.7 Å². The molecule has 1 aromatic rings. The first-order chi connectivity index (χ1) is 9.70. The van der Waals surface area contributed by atoms with Crippen molar-refractivity contribution in [2.45, 2.75) is 20.8 Å². The summed E-state index contributed by atoms with van der Waals surface area (Å²) < 4.78 is 0. The van der Waals surface area contributed by atoms with Crippen LogP contribution in [0.5, 0.6) is 0 Å². The summed E-state index contributed by atoms with van der Waals surface area (Å²) in [5.74, 6) is -0.301. The molecule has 1 rings (SSSR count). The van der Waals surface area contributed by atoms with E-state index in [0.29, 0.717) is 11.3 Å². The summed E-state index contributed by atoms with van der Waals surface area (Å²) in [6.45, 7) is 5.15. The molecular formula is C15H17N3O3. The molecule has 21 heavy (non-hydrogen) atoms. The van der Waals surface area contributed by atoms with Crippen LogP contribution in [0.4, 0.5) is 11.4 Å². The van der Waals surface area contributed by atoms with Crippen molar-refractivity contribution in [3.8, 4) is 6.07 Å². The standard InChI is InChI=1S/C15H17N3O3/c1-15(2,3)14(19)11(9-16)7-10-5-6-12(17-4)13(8-10)18(20)21/h5-8,17H,1-4H3/b11-7+. The maximum Gasteiger partial charge on any atom is 0.292 e. The Morgan fingerprint density at radius 1 is 1.43 bits per heavy atom.